The third-order valence-corrected chi connectivity index (χ3v) is 3.97. The van der Waals surface area contributed by atoms with E-state index in [1.807, 2.05) is 30.3 Å². The van der Waals surface area contributed by atoms with Gasteiger partial charge in [-0.05, 0) is 51.0 Å². The molecule has 1 aliphatic rings. The lowest BCUT2D eigenvalue weighted by molar-refractivity contribution is -0.115. The molecule has 1 heterocycles. The standard InChI is InChI=1S/C17H26N4O2/c1-20(10-7-13-21-11-5-6-12-21)17(23)18-14-16(22)19-15-8-3-2-4-9-15/h2-4,8-9H,5-7,10-14H2,1H3,(H,18,23)(H,19,22). The van der Waals surface area contributed by atoms with Crippen LogP contribution < -0.4 is 10.6 Å². The van der Waals surface area contributed by atoms with E-state index in [9.17, 15) is 9.59 Å². The molecule has 0 saturated carbocycles. The second-order valence-corrected chi connectivity index (χ2v) is 5.90. The fourth-order valence-corrected chi connectivity index (χ4v) is 2.66. The van der Waals surface area contributed by atoms with Crippen molar-refractivity contribution in [2.24, 2.45) is 0 Å². The summed E-state index contributed by atoms with van der Waals surface area (Å²) in [7, 11) is 1.76. The van der Waals surface area contributed by atoms with Crippen molar-refractivity contribution in [3.05, 3.63) is 30.3 Å². The van der Waals surface area contributed by atoms with E-state index in [2.05, 4.69) is 15.5 Å². The predicted octanol–water partition coefficient (Wildman–Crippen LogP) is 1.75. The monoisotopic (exact) mass is 318 g/mol. The maximum absolute atomic E-state index is 11.9. The molecule has 23 heavy (non-hydrogen) atoms. The number of carbonyl (C=O) groups excluding carboxylic acids is 2. The number of rotatable bonds is 7. The summed E-state index contributed by atoms with van der Waals surface area (Å²) in [5.41, 5.74) is 0.728. The Hall–Kier alpha value is -2.08. The summed E-state index contributed by atoms with van der Waals surface area (Å²) in [6.07, 6.45) is 3.53. The Morgan fingerprint density at radius 2 is 1.87 bits per heavy atom. The SMILES string of the molecule is CN(CCCN1CCCC1)C(=O)NCC(=O)Nc1ccccc1. The summed E-state index contributed by atoms with van der Waals surface area (Å²) in [5.74, 6) is -0.227. The molecule has 2 N–H and O–H groups in total. The fraction of sp³-hybridized carbons (Fsp3) is 0.529. The van der Waals surface area contributed by atoms with Gasteiger partial charge in [0.15, 0.2) is 0 Å². The Bertz CT molecular complexity index is 501. The number of carbonyl (C=O) groups is 2. The average Bonchev–Trinajstić information content (AvgIpc) is 3.07. The fourth-order valence-electron chi connectivity index (χ4n) is 2.66. The summed E-state index contributed by atoms with van der Waals surface area (Å²) in [4.78, 5) is 27.8. The van der Waals surface area contributed by atoms with Crippen LogP contribution in [0.1, 0.15) is 19.3 Å². The molecule has 0 bridgehead atoms. The van der Waals surface area contributed by atoms with Crippen molar-refractivity contribution in [2.75, 3.05) is 45.1 Å². The van der Waals surface area contributed by atoms with Crippen LogP contribution in [-0.4, -0.2) is 61.5 Å². The lowest BCUT2D eigenvalue weighted by Crippen LogP contribution is -2.42. The van der Waals surface area contributed by atoms with Crippen molar-refractivity contribution < 1.29 is 9.59 Å². The first-order valence-corrected chi connectivity index (χ1v) is 8.21. The Kier molecular flexibility index (Phi) is 6.87. The Balaban J connectivity index is 1.60. The van der Waals surface area contributed by atoms with Crippen LogP contribution in [0.15, 0.2) is 30.3 Å². The molecule has 6 heteroatoms. The molecule has 126 valence electrons. The minimum atomic E-state index is -0.227. The van der Waals surface area contributed by atoms with Crippen LogP contribution in [0.4, 0.5) is 10.5 Å². The third-order valence-electron chi connectivity index (χ3n) is 3.97. The predicted molar refractivity (Wildman–Crippen MR) is 91.4 cm³/mol. The highest BCUT2D eigenvalue weighted by Crippen LogP contribution is 2.07. The molecule has 0 aromatic heterocycles. The van der Waals surface area contributed by atoms with Crippen LogP contribution in [0.5, 0.6) is 0 Å². The number of benzene rings is 1. The molecule has 6 nitrogen and oxygen atoms in total. The van der Waals surface area contributed by atoms with E-state index in [-0.39, 0.29) is 18.5 Å². The van der Waals surface area contributed by atoms with Crippen LogP contribution in [0.25, 0.3) is 0 Å². The van der Waals surface area contributed by atoms with Crippen LogP contribution >= 0.6 is 0 Å². The van der Waals surface area contributed by atoms with E-state index in [1.165, 1.54) is 25.9 Å². The Morgan fingerprint density at radius 3 is 2.57 bits per heavy atom. The van der Waals surface area contributed by atoms with E-state index < -0.39 is 0 Å². The highest BCUT2D eigenvalue weighted by molar-refractivity contribution is 5.94. The van der Waals surface area contributed by atoms with Crippen molar-refractivity contribution in [1.29, 1.82) is 0 Å². The lowest BCUT2D eigenvalue weighted by Gasteiger charge is -2.20. The van der Waals surface area contributed by atoms with Crippen LogP contribution in [-0.2, 0) is 4.79 Å². The molecule has 0 spiro atoms. The number of anilines is 1. The summed E-state index contributed by atoms with van der Waals surface area (Å²) >= 11 is 0. The van der Waals surface area contributed by atoms with E-state index in [4.69, 9.17) is 0 Å². The molecule has 1 saturated heterocycles. The second kappa shape index (κ2) is 9.15. The Labute approximate surface area is 137 Å². The second-order valence-electron chi connectivity index (χ2n) is 5.90. The summed E-state index contributed by atoms with van der Waals surface area (Å²) < 4.78 is 0. The van der Waals surface area contributed by atoms with Gasteiger partial charge < -0.3 is 20.4 Å². The van der Waals surface area contributed by atoms with Crippen molar-refractivity contribution in [3.63, 3.8) is 0 Å². The molecule has 1 aromatic carbocycles. The highest BCUT2D eigenvalue weighted by atomic mass is 16.2. The molecular formula is C17H26N4O2. The van der Waals surface area contributed by atoms with Crippen molar-refractivity contribution >= 4 is 17.6 Å². The number of hydrogen-bond acceptors (Lipinski definition) is 3. The summed E-state index contributed by atoms with van der Waals surface area (Å²) in [5, 5.41) is 5.38. The van der Waals surface area contributed by atoms with E-state index in [1.54, 1.807) is 11.9 Å². The van der Waals surface area contributed by atoms with Crippen LogP contribution in [0.3, 0.4) is 0 Å². The van der Waals surface area contributed by atoms with Gasteiger partial charge in [-0.25, -0.2) is 4.79 Å². The summed E-state index contributed by atoms with van der Waals surface area (Å²) in [6, 6.07) is 8.99. The van der Waals surface area contributed by atoms with Gasteiger partial charge in [0, 0.05) is 19.3 Å². The topological polar surface area (TPSA) is 64.7 Å². The molecule has 3 amide bonds. The van der Waals surface area contributed by atoms with Gasteiger partial charge in [0.25, 0.3) is 0 Å². The number of hydrogen-bond donors (Lipinski definition) is 2. The zero-order chi connectivity index (χ0) is 16.5. The van der Waals surface area contributed by atoms with Gasteiger partial charge in [0.1, 0.15) is 0 Å². The third kappa shape index (κ3) is 6.28. The number of likely N-dealkylation sites (tertiary alicyclic amines) is 1. The minimum Gasteiger partial charge on any atom is -0.329 e. The van der Waals surface area contributed by atoms with Gasteiger partial charge in [0.05, 0.1) is 6.54 Å². The molecule has 2 rings (SSSR count). The average molecular weight is 318 g/mol. The van der Waals surface area contributed by atoms with Crippen molar-refractivity contribution in [2.45, 2.75) is 19.3 Å². The van der Waals surface area contributed by atoms with Gasteiger partial charge in [-0.2, -0.15) is 0 Å². The molecule has 1 fully saturated rings. The van der Waals surface area contributed by atoms with Gasteiger partial charge in [-0.1, -0.05) is 18.2 Å². The van der Waals surface area contributed by atoms with Gasteiger partial charge in [-0.15, -0.1) is 0 Å². The van der Waals surface area contributed by atoms with Crippen molar-refractivity contribution in [1.82, 2.24) is 15.1 Å². The van der Waals surface area contributed by atoms with E-state index in [0.29, 0.717) is 6.54 Å². The lowest BCUT2D eigenvalue weighted by atomic mass is 10.3. The number of urea groups is 1. The first-order valence-electron chi connectivity index (χ1n) is 8.21. The minimum absolute atomic E-state index is 0.0236. The number of amides is 3. The summed E-state index contributed by atoms with van der Waals surface area (Å²) in [6.45, 7) is 4.06. The van der Waals surface area contributed by atoms with Crippen LogP contribution in [0.2, 0.25) is 0 Å². The number of nitrogens with zero attached hydrogens (tertiary/aromatic N) is 2. The maximum Gasteiger partial charge on any atom is 0.317 e. The van der Waals surface area contributed by atoms with Gasteiger partial charge >= 0.3 is 6.03 Å². The molecule has 0 radical (unpaired) electrons. The normalized spacial score (nSPS) is 14.5. The quantitative estimate of drug-likeness (QED) is 0.805. The number of nitrogens with one attached hydrogen (secondary N) is 2. The largest absolute Gasteiger partial charge is 0.329 e. The highest BCUT2D eigenvalue weighted by Gasteiger charge is 2.13. The van der Waals surface area contributed by atoms with E-state index in [0.717, 1.165) is 18.7 Å². The van der Waals surface area contributed by atoms with Crippen molar-refractivity contribution in [3.8, 4) is 0 Å². The van der Waals surface area contributed by atoms with Gasteiger partial charge in [-0.3, -0.25) is 4.79 Å². The molecule has 0 aliphatic carbocycles. The van der Waals surface area contributed by atoms with Gasteiger partial charge in [0.2, 0.25) is 5.91 Å². The molecule has 0 unspecified atom stereocenters. The first-order chi connectivity index (χ1) is 11.1. The first kappa shape index (κ1) is 17.3. The zero-order valence-electron chi connectivity index (χ0n) is 13.8. The molecule has 1 aromatic rings. The Morgan fingerprint density at radius 1 is 1.17 bits per heavy atom. The molecular weight excluding hydrogens is 292 g/mol. The number of para-hydroxylation sites is 1. The molecule has 1 aliphatic heterocycles. The maximum atomic E-state index is 11.9. The zero-order valence-corrected chi connectivity index (χ0v) is 13.8. The molecule has 0 atom stereocenters. The van der Waals surface area contributed by atoms with E-state index >= 15 is 0 Å². The van der Waals surface area contributed by atoms with Crippen LogP contribution in [0, 0.1) is 0 Å². The smallest absolute Gasteiger partial charge is 0.317 e.